The summed E-state index contributed by atoms with van der Waals surface area (Å²) in [4.78, 5) is 11.6. The second-order valence-corrected chi connectivity index (χ2v) is 5.16. The van der Waals surface area contributed by atoms with E-state index in [1.165, 1.54) is 6.92 Å². The number of halogens is 2. The highest BCUT2D eigenvalue weighted by Crippen LogP contribution is 2.15. The Labute approximate surface area is 117 Å². The second-order valence-electron chi connectivity index (χ2n) is 5.16. The zero-order valence-electron chi connectivity index (χ0n) is 12.2. The van der Waals surface area contributed by atoms with E-state index >= 15 is 0 Å². The fourth-order valence-corrected chi connectivity index (χ4v) is 1.30. The molecule has 0 radical (unpaired) electrons. The Balaban J connectivity index is 4.92. The number of ether oxygens (including phenoxy) is 1. The first-order chi connectivity index (χ1) is 9.06. The highest BCUT2D eigenvalue weighted by molar-refractivity contribution is 5.69. The molecule has 20 heavy (non-hydrogen) atoms. The van der Waals surface area contributed by atoms with Gasteiger partial charge in [0.1, 0.15) is 23.9 Å². The van der Waals surface area contributed by atoms with Crippen molar-refractivity contribution < 1.29 is 23.4 Å². The maximum Gasteiger partial charge on any atom is 0.408 e. The van der Waals surface area contributed by atoms with Gasteiger partial charge >= 0.3 is 6.09 Å². The van der Waals surface area contributed by atoms with Gasteiger partial charge in [-0.3, -0.25) is 0 Å². The molecule has 0 heterocycles. The molecule has 4 nitrogen and oxygen atoms in total. The molecular weight excluding hydrogens is 268 g/mol. The van der Waals surface area contributed by atoms with Crippen LogP contribution < -0.4 is 5.32 Å². The minimum absolute atomic E-state index is 0.0260. The first-order valence-electron chi connectivity index (χ1n) is 6.07. The molecule has 2 N–H and O–H groups in total. The molecule has 0 rings (SSSR count). The monoisotopic (exact) mass is 289 g/mol. The van der Waals surface area contributed by atoms with Crippen LogP contribution in [0.25, 0.3) is 0 Å². The second kappa shape index (κ2) is 7.67. The van der Waals surface area contributed by atoms with Gasteiger partial charge in [-0.1, -0.05) is 6.58 Å². The van der Waals surface area contributed by atoms with Gasteiger partial charge in [0.2, 0.25) is 0 Å². The Morgan fingerprint density at radius 1 is 1.50 bits per heavy atom. The number of amides is 1. The number of carbonyl (C=O) groups excluding carboxylic acids is 1. The predicted molar refractivity (Wildman–Crippen MR) is 73.8 cm³/mol. The van der Waals surface area contributed by atoms with E-state index in [2.05, 4.69) is 11.9 Å². The molecule has 0 fully saturated rings. The number of aliphatic hydroxyl groups is 1. The van der Waals surface area contributed by atoms with Gasteiger partial charge in [-0.05, 0) is 39.8 Å². The zero-order chi connectivity index (χ0) is 15.9. The van der Waals surface area contributed by atoms with Crippen LogP contribution >= 0.6 is 0 Å². The zero-order valence-corrected chi connectivity index (χ0v) is 12.2. The Morgan fingerprint density at radius 3 is 2.45 bits per heavy atom. The van der Waals surface area contributed by atoms with Crippen molar-refractivity contribution in [2.75, 3.05) is 6.67 Å². The summed E-state index contributed by atoms with van der Waals surface area (Å²) in [5.41, 5.74) is -0.651. The summed E-state index contributed by atoms with van der Waals surface area (Å²) in [6.07, 6.45) is 0.889. The third kappa shape index (κ3) is 7.56. The van der Waals surface area contributed by atoms with Crippen molar-refractivity contribution in [2.45, 2.75) is 39.3 Å². The summed E-state index contributed by atoms with van der Waals surface area (Å²) in [7, 11) is 0. The SMILES string of the molecule is C=C(O)/C(=C\C(F)=C/CF)C(C)NC(=O)OC(C)(C)C. The first-order valence-corrected chi connectivity index (χ1v) is 6.07. The van der Waals surface area contributed by atoms with Crippen LogP contribution in [0.2, 0.25) is 0 Å². The third-order valence-electron chi connectivity index (χ3n) is 2.10. The van der Waals surface area contributed by atoms with Crippen molar-refractivity contribution in [3.8, 4) is 0 Å². The van der Waals surface area contributed by atoms with E-state index in [4.69, 9.17) is 4.74 Å². The summed E-state index contributed by atoms with van der Waals surface area (Å²) in [5.74, 6) is -1.29. The lowest BCUT2D eigenvalue weighted by Gasteiger charge is -2.22. The van der Waals surface area contributed by atoms with E-state index in [0.29, 0.717) is 6.08 Å². The quantitative estimate of drug-likeness (QED) is 0.599. The molecule has 1 amide bonds. The summed E-state index contributed by atoms with van der Waals surface area (Å²) in [6, 6.07) is -0.749. The molecule has 0 aliphatic rings. The van der Waals surface area contributed by atoms with Crippen molar-refractivity contribution in [3.63, 3.8) is 0 Å². The molecule has 0 spiro atoms. The van der Waals surface area contributed by atoms with Crippen LogP contribution in [0, 0.1) is 0 Å². The molecular formula is C14H21F2NO3. The topological polar surface area (TPSA) is 58.6 Å². The van der Waals surface area contributed by atoms with E-state index in [9.17, 15) is 18.7 Å². The van der Waals surface area contributed by atoms with Crippen molar-refractivity contribution in [1.29, 1.82) is 0 Å². The van der Waals surface area contributed by atoms with Gasteiger partial charge in [-0.2, -0.15) is 0 Å². The van der Waals surface area contributed by atoms with E-state index < -0.39 is 36.0 Å². The van der Waals surface area contributed by atoms with E-state index in [1.54, 1.807) is 20.8 Å². The molecule has 0 aliphatic heterocycles. The lowest BCUT2D eigenvalue weighted by Crippen LogP contribution is -2.38. The largest absolute Gasteiger partial charge is 0.508 e. The standard InChI is InChI=1S/C14H21F2NO3/c1-9(17-13(19)20-14(3,4)5)12(10(2)18)8-11(16)6-7-15/h6,8-9,18H,2,7H2,1,3-5H3,(H,17,19)/b11-6+,12-8-. The normalized spacial score (nSPS) is 14.7. The van der Waals surface area contributed by atoms with Gasteiger partial charge in [0.25, 0.3) is 0 Å². The van der Waals surface area contributed by atoms with Crippen molar-refractivity contribution in [3.05, 3.63) is 35.9 Å². The molecule has 0 aliphatic carbocycles. The molecule has 0 bridgehead atoms. The summed E-state index contributed by atoms with van der Waals surface area (Å²) in [6.45, 7) is 8.91. The number of alkyl halides is 1. The number of hydrogen-bond donors (Lipinski definition) is 2. The predicted octanol–water partition coefficient (Wildman–Crippen LogP) is 3.72. The van der Waals surface area contributed by atoms with Crippen LogP contribution in [0.4, 0.5) is 13.6 Å². The average molecular weight is 289 g/mol. The van der Waals surface area contributed by atoms with E-state index in [-0.39, 0.29) is 5.57 Å². The number of carbonyl (C=O) groups is 1. The van der Waals surface area contributed by atoms with Gasteiger partial charge in [0, 0.05) is 5.57 Å². The summed E-state index contributed by atoms with van der Waals surface area (Å²) < 4.78 is 30.2. The average Bonchev–Trinajstić information content (AvgIpc) is 2.22. The molecule has 0 aromatic carbocycles. The van der Waals surface area contributed by atoms with Crippen molar-refractivity contribution in [1.82, 2.24) is 5.32 Å². The first kappa shape index (κ1) is 18.1. The number of alkyl carbamates (subject to hydrolysis) is 1. The van der Waals surface area contributed by atoms with Crippen LogP contribution in [0.15, 0.2) is 35.9 Å². The minimum atomic E-state index is -0.971. The minimum Gasteiger partial charge on any atom is -0.508 e. The van der Waals surface area contributed by atoms with Gasteiger partial charge in [-0.15, -0.1) is 0 Å². The number of rotatable bonds is 5. The molecule has 6 heteroatoms. The Morgan fingerprint density at radius 2 is 2.05 bits per heavy atom. The Hall–Kier alpha value is -1.85. The van der Waals surface area contributed by atoms with Crippen molar-refractivity contribution in [2.24, 2.45) is 0 Å². The molecule has 114 valence electrons. The lowest BCUT2D eigenvalue weighted by molar-refractivity contribution is 0.0515. The molecule has 0 aromatic rings. The highest BCUT2D eigenvalue weighted by atomic mass is 19.1. The fourth-order valence-electron chi connectivity index (χ4n) is 1.30. The Bertz CT molecular complexity index is 423. The maximum absolute atomic E-state index is 13.2. The van der Waals surface area contributed by atoms with Gasteiger partial charge in [-0.25, -0.2) is 13.6 Å². The van der Waals surface area contributed by atoms with Crippen LogP contribution in [0.3, 0.4) is 0 Å². The fraction of sp³-hybridized carbons (Fsp3) is 0.500. The van der Waals surface area contributed by atoms with E-state index in [0.717, 1.165) is 6.08 Å². The number of aliphatic hydroxyl groups excluding tert-OH is 1. The molecule has 0 aromatic heterocycles. The van der Waals surface area contributed by atoms with Gasteiger partial charge in [0.15, 0.2) is 0 Å². The van der Waals surface area contributed by atoms with Crippen LogP contribution in [0.1, 0.15) is 27.7 Å². The van der Waals surface area contributed by atoms with Crippen LogP contribution in [-0.2, 0) is 4.74 Å². The van der Waals surface area contributed by atoms with Crippen molar-refractivity contribution >= 4 is 6.09 Å². The molecule has 1 atom stereocenters. The molecule has 1 unspecified atom stereocenters. The van der Waals surface area contributed by atoms with E-state index in [1.807, 2.05) is 0 Å². The van der Waals surface area contributed by atoms with Crippen LogP contribution in [0.5, 0.6) is 0 Å². The highest BCUT2D eigenvalue weighted by Gasteiger charge is 2.20. The Kier molecular flexibility index (Phi) is 6.96. The summed E-state index contributed by atoms with van der Waals surface area (Å²) in [5, 5.41) is 11.8. The summed E-state index contributed by atoms with van der Waals surface area (Å²) >= 11 is 0. The van der Waals surface area contributed by atoms with Gasteiger partial charge < -0.3 is 15.2 Å². The lowest BCUT2D eigenvalue weighted by atomic mass is 10.1. The third-order valence-corrected chi connectivity index (χ3v) is 2.10. The molecule has 0 saturated carbocycles. The van der Waals surface area contributed by atoms with Gasteiger partial charge in [0.05, 0.1) is 6.04 Å². The number of allylic oxidation sites excluding steroid dienone is 3. The smallest absolute Gasteiger partial charge is 0.408 e. The number of hydrogen-bond acceptors (Lipinski definition) is 3. The molecule has 0 saturated heterocycles. The maximum atomic E-state index is 13.2. The number of nitrogens with one attached hydrogen (secondary N) is 1. The van der Waals surface area contributed by atoms with Crippen LogP contribution in [-0.4, -0.2) is 29.5 Å².